The average molecular weight is 488 g/mol. The Labute approximate surface area is 204 Å². The summed E-state index contributed by atoms with van der Waals surface area (Å²) in [5, 5.41) is 14.0. The van der Waals surface area contributed by atoms with Crippen molar-refractivity contribution in [3.63, 3.8) is 0 Å². The molecule has 2 atom stereocenters. The van der Waals surface area contributed by atoms with Gasteiger partial charge in [-0.1, -0.05) is 6.07 Å². The van der Waals surface area contributed by atoms with Gasteiger partial charge in [-0.3, -0.25) is 19.6 Å². The highest BCUT2D eigenvalue weighted by molar-refractivity contribution is 6.14. The van der Waals surface area contributed by atoms with Gasteiger partial charge in [0.05, 0.1) is 31.6 Å². The van der Waals surface area contributed by atoms with Crippen molar-refractivity contribution in [2.24, 2.45) is 10.8 Å². The number of primary amides is 1. The molecule has 11 heteroatoms. The second-order valence-electron chi connectivity index (χ2n) is 9.36. The number of carbonyl (C=O) groups excluding carboxylic acids is 1. The van der Waals surface area contributed by atoms with Gasteiger partial charge >= 0.3 is 0 Å². The SMILES string of the molecule is CN(C)C1C([N+](C)(C)c2ccc(C(N)=O)c(Nc3cccc(NN=CC=N)c3)n2)CCCC1(F)F. The van der Waals surface area contributed by atoms with Crippen LogP contribution in [0, 0.1) is 5.41 Å². The first-order valence-electron chi connectivity index (χ1n) is 11.3. The lowest BCUT2D eigenvalue weighted by molar-refractivity contribution is -0.119. The van der Waals surface area contributed by atoms with Crippen molar-refractivity contribution in [1.82, 2.24) is 14.4 Å². The lowest BCUT2D eigenvalue weighted by Gasteiger charge is -2.48. The number of anilines is 3. The zero-order valence-corrected chi connectivity index (χ0v) is 20.4. The first kappa shape index (κ1) is 26.2. The van der Waals surface area contributed by atoms with Crippen LogP contribution in [0.1, 0.15) is 29.6 Å². The first-order chi connectivity index (χ1) is 16.5. The fraction of sp³-hybridized carbons (Fsp3) is 0.417. The zero-order chi connectivity index (χ0) is 25.8. The van der Waals surface area contributed by atoms with Gasteiger partial charge in [-0.05, 0) is 44.8 Å². The molecule has 1 amide bonds. The maximum atomic E-state index is 14.9. The molecule has 5 N–H and O–H groups in total. The molecule has 9 nitrogen and oxygen atoms in total. The van der Waals surface area contributed by atoms with Crippen LogP contribution < -0.4 is 21.0 Å². The number of nitrogens with two attached hydrogens (primary N) is 1. The monoisotopic (exact) mass is 487 g/mol. The number of amides is 1. The largest absolute Gasteiger partial charge is 0.365 e. The highest BCUT2D eigenvalue weighted by atomic mass is 19.3. The highest BCUT2D eigenvalue weighted by Crippen LogP contribution is 2.41. The van der Waals surface area contributed by atoms with Crippen molar-refractivity contribution in [3.05, 3.63) is 42.0 Å². The molecule has 0 bridgehead atoms. The molecule has 1 saturated carbocycles. The van der Waals surface area contributed by atoms with Crippen molar-refractivity contribution in [2.45, 2.75) is 37.3 Å². The van der Waals surface area contributed by atoms with Gasteiger partial charge in [-0.15, -0.1) is 0 Å². The molecule has 0 aliphatic heterocycles. The van der Waals surface area contributed by atoms with Gasteiger partial charge in [0.25, 0.3) is 11.8 Å². The normalized spacial score (nSPS) is 20.1. The Kier molecular flexibility index (Phi) is 7.81. The van der Waals surface area contributed by atoms with Crippen molar-refractivity contribution in [2.75, 3.05) is 38.9 Å². The fourth-order valence-corrected chi connectivity index (χ4v) is 4.72. The molecule has 0 radical (unpaired) electrons. The number of alkyl halides is 2. The first-order valence-corrected chi connectivity index (χ1v) is 11.3. The van der Waals surface area contributed by atoms with Crippen LogP contribution in [0.5, 0.6) is 0 Å². The Bertz CT molecular complexity index is 1100. The van der Waals surface area contributed by atoms with Crippen LogP contribution in [0.15, 0.2) is 41.5 Å². The summed E-state index contributed by atoms with van der Waals surface area (Å²) in [6, 6.07) is 9.00. The number of aromatic nitrogens is 1. The van der Waals surface area contributed by atoms with Crippen LogP contribution in [-0.4, -0.2) is 74.4 Å². The summed E-state index contributed by atoms with van der Waals surface area (Å²) in [5.41, 5.74) is 9.85. The minimum Gasteiger partial charge on any atom is -0.365 e. The van der Waals surface area contributed by atoms with Gasteiger partial charge in [0.15, 0.2) is 0 Å². The molecule has 1 aromatic carbocycles. The van der Waals surface area contributed by atoms with E-state index in [2.05, 4.69) is 15.8 Å². The summed E-state index contributed by atoms with van der Waals surface area (Å²) in [6.45, 7) is 0. The zero-order valence-electron chi connectivity index (χ0n) is 20.4. The van der Waals surface area contributed by atoms with Crippen LogP contribution >= 0.6 is 0 Å². The fourth-order valence-electron chi connectivity index (χ4n) is 4.72. The molecule has 0 saturated heterocycles. The third-order valence-corrected chi connectivity index (χ3v) is 6.40. The van der Waals surface area contributed by atoms with Crippen LogP contribution in [0.4, 0.5) is 31.8 Å². The second kappa shape index (κ2) is 10.4. The van der Waals surface area contributed by atoms with E-state index in [4.69, 9.17) is 16.1 Å². The number of hydrogen-bond acceptors (Lipinski definition) is 7. The number of hydrogen-bond donors (Lipinski definition) is 4. The van der Waals surface area contributed by atoms with Crippen molar-refractivity contribution in [1.29, 1.82) is 5.41 Å². The van der Waals surface area contributed by atoms with Crippen molar-refractivity contribution >= 4 is 41.3 Å². The smallest absolute Gasteiger partial charge is 0.269 e. The van der Waals surface area contributed by atoms with Gasteiger partial charge in [-0.25, -0.2) is 8.78 Å². The van der Waals surface area contributed by atoms with Crippen LogP contribution in [0.25, 0.3) is 0 Å². The predicted molar refractivity (Wildman–Crippen MR) is 137 cm³/mol. The summed E-state index contributed by atoms with van der Waals surface area (Å²) < 4.78 is 30.0. The Balaban J connectivity index is 1.98. The van der Waals surface area contributed by atoms with E-state index in [1.807, 2.05) is 14.1 Å². The van der Waals surface area contributed by atoms with E-state index in [-0.39, 0.29) is 22.3 Å². The van der Waals surface area contributed by atoms with E-state index < -0.39 is 23.9 Å². The Morgan fingerprint density at radius 2 is 2.00 bits per heavy atom. The molecule has 1 aliphatic rings. The highest BCUT2D eigenvalue weighted by Gasteiger charge is 2.54. The molecule has 1 fully saturated rings. The molecule has 1 heterocycles. The Morgan fingerprint density at radius 3 is 2.66 bits per heavy atom. The number of halogens is 2. The molecular weight excluding hydrogens is 454 g/mol. The van der Waals surface area contributed by atoms with Gasteiger partial charge in [-0.2, -0.15) is 10.1 Å². The minimum absolute atomic E-state index is 0.117. The van der Waals surface area contributed by atoms with E-state index in [0.29, 0.717) is 30.0 Å². The van der Waals surface area contributed by atoms with Crippen LogP contribution in [0.2, 0.25) is 0 Å². The average Bonchev–Trinajstić information content (AvgIpc) is 2.78. The van der Waals surface area contributed by atoms with Gasteiger partial charge in [0.1, 0.15) is 17.9 Å². The van der Waals surface area contributed by atoms with Crippen LogP contribution in [0.3, 0.4) is 0 Å². The number of hydrazone groups is 1. The van der Waals surface area contributed by atoms with Gasteiger partial charge < -0.3 is 16.5 Å². The van der Waals surface area contributed by atoms with E-state index >= 15 is 0 Å². The molecule has 35 heavy (non-hydrogen) atoms. The maximum Gasteiger partial charge on any atom is 0.269 e. The van der Waals surface area contributed by atoms with Gasteiger partial charge in [0, 0.05) is 30.8 Å². The van der Waals surface area contributed by atoms with E-state index in [1.54, 1.807) is 55.4 Å². The molecule has 3 rings (SSSR count). The lowest BCUT2D eigenvalue weighted by atomic mass is 9.84. The third-order valence-electron chi connectivity index (χ3n) is 6.40. The summed E-state index contributed by atoms with van der Waals surface area (Å²) >= 11 is 0. The Morgan fingerprint density at radius 1 is 1.29 bits per heavy atom. The van der Waals surface area contributed by atoms with E-state index in [1.165, 1.54) is 6.21 Å². The van der Waals surface area contributed by atoms with Crippen LogP contribution in [-0.2, 0) is 0 Å². The van der Waals surface area contributed by atoms with E-state index in [0.717, 1.165) is 6.21 Å². The summed E-state index contributed by atoms with van der Waals surface area (Å²) in [6.07, 6.45) is 3.26. The maximum absolute atomic E-state index is 14.9. The number of rotatable bonds is 9. The quantitative estimate of drug-likeness (QED) is 0.245. The second-order valence-corrected chi connectivity index (χ2v) is 9.36. The van der Waals surface area contributed by atoms with Gasteiger partial charge in [0.2, 0.25) is 5.82 Å². The Hall–Kier alpha value is -3.44. The minimum atomic E-state index is -2.82. The summed E-state index contributed by atoms with van der Waals surface area (Å²) in [5.74, 6) is -2.69. The molecule has 2 aromatic rings. The van der Waals surface area contributed by atoms with E-state index in [9.17, 15) is 13.6 Å². The summed E-state index contributed by atoms with van der Waals surface area (Å²) in [4.78, 5) is 18.4. The number of nitrogens with one attached hydrogen (secondary N) is 3. The standard InChI is InChI=1S/C24H32F2N8O/c1-33(2)21-19(9-6-12-24(21,25)26)34(3,4)20-11-10-18(22(28)35)23(31-20)30-16-7-5-8-17(15-16)32-29-14-13-27/h5,7-8,10-11,13-15,19,21H,6,9,12H2,1-4H3,(H4-,27,28,30,31,32,35)/p+1. The molecule has 0 spiro atoms. The summed E-state index contributed by atoms with van der Waals surface area (Å²) in [7, 11) is 7.09. The number of nitrogens with zero attached hydrogens (tertiary/aromatic N) is 4. The molecular formula is C24H33F2N8O+. The number of quaternary nitrogens is 1. The lowest BCUT2D eigenvalue weighted by Crippen LogP contribution is -2.66. The molecule has 188 valence electrons. The number of pyridine rings is 1. The van der Waals surface area contributed by atoms with Crippen molar-refractivity contribution in [3.8, 4) is 0 Å². The topological polar surface area (TPSA) is 119 Å². The molecule has 1 aromatic heterocycles. The molecule has 1 aliphatic carbocycles. The predicted octanol–water partition coefficient (Wildman–Crippen LogP) is 3.66. The number of benzene rings is 1. The van der Waals surface area contributed by atoms with Crippen molar-refractivity contribution < 1.29 is 13.6 Å². The number of carbonyl (C=O) groups is 1. The number of likely N-dealkylation sites (N-methyl/N-ethyl adjacent to an activating group) is 2. The molecule has 2 unspecified atom stereocenters. The third kappa shape index (κ3) is 5.80.